The third kappa shape index (κ3) is 3.53. The average Bonchev–Trinajstić information content (AvgIpc) is 2.16. The van der Waals surface area contributed by atoms with Crippen LogP contribution in [-0.2, 0) is 12.8 Å². The Morgan fingerprint density at radius 3 is 2.73 bits per heavy atom. The fourth-order valence-electron chi connectivity index (χ4n) is 1.19. The quantitative estimate of drug-likeness (QED) is 0.556. The molecule has 1 aromatic heterocycles. The summed E-state index contributed by atoms with van der Waals surface area (Å²) in [5.74, 6) is 1.37. The van der Waals surface area contributed by atoms with Crippen LogP contribution in [0.5, 0.6) is 5.88 Å². The molecule has 5 nitrogen and oxygen atoms in total. The van der Waals surface area contributed by atoms with E-state index in [9.17, 15) is 0 Å². The zero-order valence-corrected chi connectivity index (χ0v) is 9.08. The predicted molar refractivity (Wildman–Crippen MR) is 58.2 cm³/mol. The molecule has 0 bridgehead atoms. The van der Waals surface area contributed by atoms with Gasteiger partial charge in [-0.2, -0.15) is 4.98 Å². The number of amidine groups is 1. The van der Waals surface area contributed by atoms with Crippen molar-refractivity contribution in [3.05, 3.63) is 17.6 Å². The van der Waals surface area contributed by atoms with E-state index in [2.05, 4.69) is 9.97 Å². The molecule has 3 N–H and O–H groups in total. The minimum Gasteiger partial charge on any atom is -0.478 e. The second kappa shape index (κ2) is 5.29. The minimum absolute atomic E-state index is 0.0956. The second-order valence-electron chi connectivity index (χ2n) is 3.10. The van der Waals surface area contributed by atoms with E-state index in [0.29, 0.717) is 18.9 Å². The number of nitrogens with zero attached hydrogens (tertiary/aromatic N) is 2. The third-order valence-electron chi connectivity index (χ3n) is 1.78. The van der Waals surface area contributed by atoms with Gasteiger partial charge in [-0.25, -0.2) is 4.98 Å². The van der Waals surface area contributed by atoms with E-state index < -0.39 is 0 Å². The summed E-state index contributed by atoms with van der Waals surface area (Å²) in [7, 11) is 0. The molecule has 0 saturated carbocycles. The van der Waals surface area contributed by atoms with Crippen LogP contribution >= 0.6 is 0 Å². The number of rotatable bonds is 5. The Labute approximate surface area is 89.2 Å². The Morgan fingerprint density at radius 2 is 2.20 bits per heavy atom. The molecule has 1 aromatic rings. The van der Waals surface area contributed by atoms with Crippen molar-refractivity contribution in [3.8, 4) is 5.88 Å². The number of aromatic nitrogens is 2. The van der Waals surface area contributed by atoms with Crippen LogP contribution in [0, 0.1) is 5.41 Å². The summed E-state index contributed by atoms with van der Waals surface area (Å²) < 4.78 is 5.31. The van der Waals surface area contributed by atoms with Gasteiger partial charge in [-0.15, -0.1) is 0 Å². The molecule has 1 heterocycles. The minimum atomic E-state index is 0.0956. The van der Waals surface area contributed by atoms with Gasteiger partial charge >= 0.3 is 0 Å². The summed E-state index contributed by atoms with van der Waals surface area (Å²) in [6, 6.07) is 1.73. The Bertz CT molecular complexity index is 351. The molecule has 82 valence electrons. The zero-order chi connectivity index (χ0) is 11.3. The fraction of sp³-hybridized carbons (Fsp3) is 0.500. The normalized spacial score (nSPS) is 10.0. The lowest BCUT2D eigenvalue weighted by atomic mass is 10.2. The van der Waals surface area contributed by atoms with Crippen LogP contribution < -0.4 is 10.5 Å². The number of ether oxygens (including phenoxy) is 1. The summed E-state index contributed by atoms with van der Waals surface area (Å²) in [5.41, 5.74) is 6.06. The lowest BCUT2D eigenvalue weighted by Crippen LogP contribution is -2.15. The molecule has 1 rings (SSSR count). The maximum Gasteiger partial charge on any atom is 0.216 e. The van der Waals surface area contributed by atoms with Crippen molar-refractivity contribution in [2.45, 2.75) is 26.7 Å². The van der Waals surface area contributed by atoms with Crippen molar-refractivity contribution in [1.82, 2.24) is 9.97 Å². The summed E-state index contributed by atoms with van der Waals surface area (Å²) in [5, 5.41) is 7.21. The van der Waals surface area contributed by atoms with E-state index in [-0.39, 0.29) is 5.84 Å². The Balaban J connectivity index is 2.94. The highest BCUT2D eigenvalue weighted by Gasteiger charge is 2.05. The third-order valence-corrected chi connectivity index (χ3v) is 1.78. The summed E-state index contributed by atoms with van der Waals surface area (Å²) in [6.07, 6.45) is 1.08. The Morgan fingerprint density at radius 1 is 1.47 bits per heavy atom. The molecular weight excluding hydrogens is 192 g/mol. The number of nitrogens with one attached hydrogen (secondary N) is 1. The van der Waals surface area contributed by atoms with Crippen molar-refractivity contribution < 1.29 is 4.74 Å². The molecular formula is C10H16N4O. The fourth-order valence-corrected chi connectivity index (χ4v) is 1.19. The van der Waals surface area contributed by atoms with E-state index in [1.165, 1.54) is 0 Å². The molecule has 0 unspecified atom stereocenters. The van der Waals surface area contributed by atoms with Gasteiger partial charge in [-0.05, 0) is 6.92 Å². The average molecular weight is 208 g/mol. The molecule has 15 heavy (non-hydrogen) atoms. The van der Waals surface area contributed by atoms with E-state index in [4.69, 9.17) is 15.9 Å². The molecule has 0 aliphatic rings. The van der Waals surface area contributed by atoms with Gasteiger partial charge in [-0.1, -0.05) is 6.92 Å². The van der Waals surface area contributed by atoms with E-state index in [1.54, 1.807) is 6.07 Å². The largest absolute Gasteiger partial charge is 0.478 e. The maximum atomic E-state index is 7.21. The first-order valence-electron chi connectivity index (χ1n) is 4.98. The predicted octanol–water partition coefficient (Wildman–Crippen LogP) is 0.916. The Kier molecular flexibility index (Phi) is 4.03. The molecule has 0 aromatic carbocycles. The number of hydrogen-bond donors (Lipinski definition) is 2. The van der Waals surface area contributed by atoms with Gasteiger partial charge < -0.3 is 10.5 Å². The van der Waals surface area contributed by atoms with Gasteiger partial charge in [0.25, 0.3) is 0 Å². The Hall–Kier alpha value is -1.65. The topological polar surface area (TPSA) is 84.9 Å². The van der Waals surface area contributed by atoms with Crippen LogP contribution in [0.15, 0.2) is 6.07 Å². The van der Waals surface area contributed by atoms with Gasteiger partial charge in [0.2, 0.25) is 5.88 Å². The smallest absolute Gasteiger partial charge is 0.216 e. The number of aryl methyl sites for hydroxylation is 1. The first-order valence-corrected chi connectivity index (χ1v) is 4.98. The van der Waals surface area contributed by atoms with Crippen LogP contribution in [0.3, 0.4) is 0 Å². The summed E-state index contributed by atoms with van der Waals surface area (Å²) in [6.45, 7) is 4.45. The first kappa shape index (κ1) is 11.4. The van der Waals surface area contributed by atoms with E-state index in [0.717, 1.165) is 17.9 Å². The zero-order valence-electron chi connectivity index (χ0n) is 9.08. The monoisotopic (exact) mass is 208 g/mol. The highest BCUT2D eigenvalue weighted by atomic mass is 16.5. The highest BCUT2D eigenvalue weighted by molar-refractivity contribution is 5.79. The van der Waals surface area contributed by atoms with Gasteiger partial charge in [0, 0.05) is 18.9 Å². The van der Waals surface area contributed by atoms with E-state index >= 15 is 0 Å². The molecule has 0 fully saturated rings. The molecule has 0 saturated heterocycles. The number of hydrogen-bond acceptors (Lipinski definition) is 4. The number of nitrogens with two attached hydrogens (primary N) is 1. The maximum absolute atomic E-state index is 7.21. The second-order valence-corrected chi connectivity index (χ2v) is 3.10. The molecule has 5 heteroatoms. The lowest BCUT2D eigenvalue weighted by Gasteiger charge is -2.06. The molecule has 0 amide bonds. The van der Waals surface area contributed by atoms with Crippen LogP contribution in [0.2, 0.25) is 0 Å². The molecule has 0 aliphatic carbocycles. The van der Waals surface area contributed by atoms with Gasteiger partial charge in [0.05, 0.1) is 18.1 Å². The molecule has 0 radical (unpaired) electrons. The van der Waals surface area contributed by atoms with Crippen LogP contribution in [0.1, 0.15) is 25.4 Å². The van der Waals surface area contributed by atoms with Crippen LogP contribution in [0.25, 0.3) is 0 Å². The van der Waals surface area contributed by atoms with Crippen molar-refractivity contribution in [1.29, 1.82) is 5.41 Å². The summed E-state index contributed by atoms with van der Waals surface area (Å²) in [4.78, 5) is 8.47. The van der Waals surface area contributed by atoms with Crippen LogP contribution in [-0.4, -0.2) is 22.4 Å². The highest BCUT2D eigenvalue weighted by Crippen LogP contribution is 2.10. The van der Waals surface area contributed by atoms with Crippen molar-refractivity contribution in [3.63, 3.8) is 0 Å². The van der Waals surface area contributed by atoms with E-state index in [1.807, 2.05) is 13.8 Å². The van der Waals surface area contributed by atoms with Crippen molar-refractivity contribution in [2.24, 2.45) is 5.73 Å². The molecule has 0 spiro atoms. The first-order chi connectivity index (χ1) is 7.15. The lowest BCUT2D eigenvalue weighted by molar-refractivity contribution is 0.324. The van der Waals surface area contributed by atoms with Crippen LogP contribution in [0.4, 0.5) is 0 Å². The standard InChI is InChI=1S/C10H16N4O/c1-3-9-13-7(5-8(11)12)6-10(14-9)15-4-2/h6H,3-5H2,1-2H3,(H3,11,12). The SMILES string of the molecule is CCOc1cc(CC(=N)N)nc(CC)n1. The van der Waals surface area contributed by atoms with Gasteiger partial charge in [-0.3, -0.25) is 5.41 Å². The molecule has 0 atom stereocenters. The van der Waals surface area contributed by atoms with Gasteiger partial charge in [0.15, 0.2) is 0 Å². The summed E-state index contributed by atoms with van der Waals surface area (Å²) >= 11 is 0. The van der Waals surface area contributed by atoms with Crippen molar-refractivity contribution in [2.75, 3.05) is 6.61 Å². The molecule has 0 aliphatic heterocycles. The van der Waals surface area contributed by atoms with Crippen molar-refractivity contribution >= 4 is 5.84 Å². The van der Waals surface area contributed by atoms with Gasteiger partial charge in [0.1, 0.15) is 5.82 Å².